The minimum absolute atomic E-state index is 0.000148. The number of ether oxygens (including phenoxy) is 2. The van der Waals surface area contributed by atoms with E-state index in [-0.39, 0.29) is 43.2 Å². The van der Waals surface area contributed by atoms with Crippen molar-refractivity contribution in [3.63, 3.8) is 0 Å². The van der Waals surface area contributed by atoms with Crippen LogP contribution >= 0.6 is 0 Å². The Kier molecular flexibility index (Phi) is 4.20. The number of rotatable bonds is 3. The molecule has 0 radical (unpaired) electrons. The fourth-order valence-electron chi connectivity index (χ4n) is 4.80. The molecule has 7 heteroatoms. The molecule has 7 nitrogen and oxygen atoms in total. The lowest BCUT2D eigenvalue weighted by atomic mass is 9.71. The van der Waals surface area contributed by atoms with Crippen molar-refractivity contribution in [2.75, 3.05) is 24.8 Å². The van der Waals surface area contributed by atoms with E-state index >= 15 is 0 Å². The van der Waals surface area contributed by atoms with Crippen molar-refractivity contribution >= 4 is 17.5 Å². The number of amides is 2. The molecule has 0 aliphatic carbocycles. The highest BCUT2D eigenvalue weighted by Gasteiger charge is 2.54. The van der Waals surface area contributed by atoms with Gasteiger partial charge in [0.05, 0.1) is 18.7 Å². The number of carbonyl (C=O) groups excluding carboxylic acids is 2. The number of para-hydroxylation sites is 1. The summed E-state index contributed by atoms with van der Waals surface area (Å²) < 4.78 is 10.8. The van der Waals surface area contributed by atoms with E-state index in [2.05, 4.69) is 0 Å². The Bertz CT molecular complexity index is 991. The van der Waals surface area contributed by atoms with Gasteiger partial charge in [-0.05, 0) is 29.8 Å². The standard InChI is InChI=1S/C22H22N2O5/c1-2-20(26)24-16-10-23(15-6-4-3-5-14(15)21(16)17(24)11-25)22(27)13-7-8-18-19(9-13)29-12-28-18/h3-9,16-17,21,25H,2,10-12H2,1H3/t16-,17-,21+/m0/s1. The van der Waals surface area contributed by atoms with Crippen LogP contribution in [0.2, 0.25) is 0 Å². The Morgan fingerprint density at radius 2 is 1.93 bits per heavy atom. The van der Waals surface area contributed by atoms with Crippen LogP contribution in [0, 0.1) is 0 Å². The molecule has 1 saturated heterocycles. The van der Waals surface area contributed by atoms with Gasteiger partial charge in [0.2, 0.25) is 12.7 Å². The van der Waals surface area contributed by atoms with E-state index in [0.29, 0.717) is 30.0 Å². The van der Waals surface area contributed by atoms with Gasteiger partial charge in [0, 0.05) is 30.1 Å². The number of nitrogens with zero attached hydrogens (tertiary/aromatic N) is 2. The summed E-state index contributed by atoms with van der Waals surface area (Å²) in [5, 5.41) is 9.91. The maximum atomic E-state index is 13.4. The van der Waals surface area contributed by atoms with E-state index in [1.165, 1.54) is 0 Å². The summed E-state index contributed by atoms with van der Waals surface area (Å²) in [6.45, 7) is 2.28. The van der Waals surface area contributed by atoms with Gasteiger partial charge in [-0.25, -0.2) is 0 Å². The third-order valence-corrected chi connectivity index (χ3v) is 6.14. The molecule has 0 bridgehead atoms. The molecule has 1 N–H and O–H groups in total. The van der Waals surface area contributed by atoms with E-state index in [1.807, 2.05) is 31.2 Å². The number of hydrogen-bond acceptors (Lipinski definition) is 5. The van der Waals surface area contributed by atoms with Gasteiger partial charge in [-0.2, -0.15) is 0 Å². The van der Waals surface area contributed by atoms with Gasteiger partial charge in [0.25, 0.3) is 5.91 Å². The smallest absolute Gasteiger partial charge is 0.258 e. The van der Waals surface area contributed by atoms with Crippen molar-refractivity contribution in [1.29, 1.82) is 0 Å². The molecular formula is C22H22N2O5. The van der Waals surface area contributed by atoms with Gasteiger partial charge in [0.15, 0.2) is 11.5 Å². The van der Waals surface area contributed by atoms with Crippen molar-refractivity contribution in [2.24, 2.45) is 0 Å². The highest BCUT2D eigenvalue weighted by atomic mass is 16.7. The number of anilines is 1. The molecule has 0 spiro atoms. The summed E-state index contributed by atoms with van der Waals surface area (Å²) in [4.78, 5) is 29.4. The first-order valence-electron chi connectivity index (χ1n) is 9.86. The van der Waals surface area contributed by atoms with Crippen molar-refractivity contribution in [2.45, 2.75) is 31.3 Å². The molecule has 2 aromatic carbocycles. The summed E-state index contributed by atoms with van der Waals surface area (Å²) in [5.41, 5.74) is 2.34. The minimum atomic E-state index is -0.239. The lowest BCUT2D eigenvalue weighted by Gasteiger charge is -2.59. The zero-order chi connectivity index (χ0) is 20.1. The number of benzene rings is 2. The largest absolute Gasteiger partial charge is 0.454 e. The fraction of sp³-hybridized carbons (Fsp3) is 0.364. The first kappa shape index (κ1) is 18.0. The molecule has 2 amide bonds. The molecular weight excluding hydrogens is 372 g/mol. The molecule has 0 saturated carbocycles. The Balaban J connectivity index is 1.53. The van der Waals surface area contributed by atoms with Crippen molar-refractivity contribution in [3.8, 4) is 11.5 Å². The van der Waals surface area contributed by atoms with Gasteiger partial charge < -0.3 is 24.4 Å². The third-order valence-electron chi connectivity index (χ3n) is 6.14. The quantitative estimate of drug-likeness (QED) is 0.863. The van der Waals surface area contributed by atoms with E-state index in [1.54, 1.807) is 28.0 Å². The van der Waals surface area contributed by atoms with Gasteiger partial charge in [0.1, 0.15) is 0 Å². The number of hydrogen-bond donors (Lipinski definition) is 1. The third kappa shape index (κ3) is 2.61. The maximum Gasteiger partial charge on any atom is 0.258 e. The average molecular weight is 394 g/mol. The minimum Gasteiger partial charge on any atom is -0.454 e. The van der Waals surface area contributed by atoms with Crippen LogP contribution in [0.1, 0.15) is 35.2 Å². The predicted molar refractivity (Wildman–Crippen MR) is 105 cm³/mol. The van der Waals surface area contributed by atoms with Crippen molar-refractivity contribution in [3.05, 3.63) is 53.6 Å². The van der Waals surface area contributed by atoms with Crippen LogP contribution < -0.4 is 14.4 Å². The monoisotopic (exact) mass is 394 g/mol. The molecule has 0 unspecified atom stereocenters. The number of aliphatic hydroxyl groups excluding tert-OH is 1. The SMILES string of the molecule is CCC(=O)N1[C@@H](CO)[C@@H]2c3ccccc3N(C(=O)c3ccc4c(c3)OCO4)C[C@@H]21. The maximum absolute atomic E-state index is 13.4. The van der Waals surface area contributed by atoms with E-state index in [9.17, 15) is 14.7 Å². The number of carbonyl (C=O) groups is 2. The molecule has 150 valence electrons. The molecule has 2 aromatic rings. The topological polar surface area (TPSA) is 79.3 Å². The van der Waals surface area contributed by atoms with Crippen LogP contribution in [0.25, 0.3) is 0 Å². The Labute approximate surface area is 168 Å². The Morgan fingerprint density at radius 3 is 2.72 bits per heavy atom. The normalized spacial score (nSPS) is 23.9. The lowest BCUT2D eigenvalue weighted by molar-refractivity contribution is -0.149. The number of fused-ring (bicyclic) bond motifs is 4. The van der Waals surface area contributed by atoms with Crippen LogP contribution in [-0.4, -0.2) is 53.8 Å². The van der Waals surface area contributed by atoms with Gasteiger partial charge in [-0.15, -0.1) is 0 Å². The average Bonchev–Trinajstić information content (AvgIpc) is 3.21. The first-order valence-corrected chi connectivity index (χ1v) is 9.86. The Morgan fingerprint density at radius 1 is 1.14 bits per heavy atom. The molecule has 5 rings (SSSR count). The van der Waals surface area contributed by atoms with Gasteiger partial charge in [-0.1, -0.05) is 25.1 Å². The molecule has 3 atom stereocenters. The van der Waals surface area contributed by atoms with Crippen molar-refractivity contribution in [1.82, 2.24) is 4.90 Å². The van der Waals surface area contributed by atoms with Crippen molar-refractivity contribution < 1.29 is 24.2 Å². The second kappa shape index (κ2) is 6.77. The highest BCUT2D eigenvalue weighted by molar-refractivity contribution is 6.07. The molecule has 1 fully saturated rings. The van der Waals surface area contributed by atoms with Crippen LogP contribution in [0.4, 0.5) is 5.69 Å². The zero-order valence-corrected chi connectivity index (χ0v) is 16.1. The summed E-state index contributed by atoms with van der Waals surface area (Å²) in [6.07, 6.45) is 0.372. The molecule has 3 aliphatic heterocycles. The zero-order valence-electron chi connectivity index (χ0n) is 16.1. The van der Waals surface area contributed by atoms with Gasteiger partial charge >= 0.3 is 0 Å². The second-order valence-corrected chi connectivity index (χ2v) is 7.54. The molecule has 3 heterocycles. The first-order chi connectivity index (χ1) is 14.1. The van der Waals surface area contributed by atoms with Gasteiger partial charge in [-0.3, -0.25) is 9.59 Å². The fourth-order valence-corrected chi connectivity index (χ4v) is 4.80. The summed E-state index contributed by atoms with van der Waals surface area (Å²) in [6, 6.07) is 12.6. The highest BCUT2D eigenvalue weighted by Crippen LogP contribution is 2.48. The van der Waals surface area contributed by atoms with Crippen LogP contribution in [0.15, 0.2) is 42.5 Å². The summed E-state index contributed by atoms with van der Waals surface area (Å²) in [7, 11) is 0. The van der Waals surface area contributed by atoms with Crippen LogP contribution in [0.3, 0.4) is 0 Å². The molecule has 3 aliphatic rings. The summed E-state index contributed by atoms with van der Waals surface area (Å²) in [5.74, 6) is 1.08. The Hall–Kier alpha value is -3.06. The van der Waals surface area contributed by atoms with E-state index in [4.69, 9.17) is 9.47 Å². The number of aliphatic hydroxyl groups is 1. The van der Waals surface area contributed by atoms with E-state index < -0.39 is 0 Å². The second-order valence-electron chi connectivity index (χ2n) is 7.54. The van der Waals surface area contributed by atoms with E-state index in [0.717, 1.165) is 11.3 Å². The molecule has 0 aromatic heterocycles. The van der Waals surface area contributed by atoms with Crippen LogP contribution in [0.5, 0.6) is 11.5 Å². The molecule has 29 heavy (non-hydrogen) atoms. The predicted octanol–water partition coefficient (Wildman–Crippen LogP) is 2.14. The van der Waals surface area contributed by atoms with Crippen LogP contribution in [-0.2, 0) is 4.79 Å². The lowest BCUT2D eigenvalue weighted by Crippen LogP contribution is -2.70. The summed E-state index contributed by atoms with van der Waals surface area (Å²) >= 11 is 0. The number of likely N-dealkylation sites (tertiary alicyclic amines) is 1.